The van der Waals surface area contributed by atoms with E-state index in [0.29, 0.717) is 5.00 Å². The number of carbonyl (C=O) groups is 2. The van der Waals surface area contributed by atoms with E-state index >= 15 is 0 Å². The minimum atomic E-state index is -1.06. The van der Waals surface area contributed by atoms with E-state index in [1.807, 2.05) is 38.1 Å². The van der Waals surface area contributed by atoms with Gasteiger partial charge in [-0.25, -0.2) is 9.59 Å². The molecular formula is C15H16N2O3S. The van der Waals surface area contributed by atoms with E-state index in [9.17, 15) is 9.59 Å². The molecule has 110 valence electrons. The Kier molecular flexibility index (Phi) is 4.59. The van der Waals surface area contributed by atoms with Crippen molar-refractivity contribution in [3.05, 3.63) is 52.4 Å². The van der Waals surface area contributed by atoms with Crippen LogP contribution in [0.3, 0.4) is 0 Å². The summed E-state index contributed by atoms with van der Waals surface area (Å²) in [7, 11) is 0. The van der Waals surface area contributed by atoms with Gasteiger partial charge in [0.2, 0.25) is 0 Å². The van der Waals surface area contributed by atoms with Gasteiger partial charge in [-0.3, -0.25) is 5.32 Å². The van der Waals surface area contributed by atoms with Crippen molar-refractivity contribution in [1.29, 1.82) is 0 Å². The van der Waals surface area contributed by atoms with E-state index in [4.69, 9.17) is 5.11 Å². The maximum atomic E-state index is 11.9. The van der Waals surface area contributed by atoms with E-state index in [0.717, 1.165) is 11.1 Å². The Labute approximate surface area is 126 Å². The van der Waals surface area contributed by atoms with Gasteiger partial charge in [-0.2, -0.15) is 0 Å². The monoisotopic (exact) mass is 304 g/mol. The standard InChI is InChI=1S/C15H16N2O3S/c1-9-3-5-11(6-4-9)10(2)16-15(20)17-13-12(14(18)19)7-8-21-13/h3-8,10H,1-2H3,(H,18,19)(H2,16,17,20)/t10-/m0/s1. The number of aromatic carboxylic acids is 1. The fourth-order valence-corrected chi connectivity index (χ4v) is 2.62. The molecule has 1 heterocycles. The first kappa shape index (κ1) is 15.1. The fraction of sp³-hybridized carbons (Fsp3) is 0.200. The highest BCUT2D eigenvalue weighted by molar-refractivity contribution is 7.14. The smallest absolute Gasteiger partial charge is 0.338 e. The molecule has 21 heavy (non-hydrogen) atoms. The van der Waals surface area contributed by atoms with Crippen molar-refractivity contribution >= 4 is 28.3 Å². The van der Waals surface area contributed by atoms with Crippen molar-refractivity contribution in [2.45, 2.75) is 19.9 Å². The summed E-state index contributed by atoms with van der Waals surface area (Å²) in [4.78, 5) is 22.9. The normalized spacial score (nSPS) is 11.7. The Hall–Kier alpha value is -2.34. The molecule has 0 fully saturated rings. The van der Waals surface area contributed by atoms with Crippen LogP contribution in [0.5, 0.6) is 0 Å². The van der Waals surface area contributed by atoms with Crippen LogP contribution in [0.1, 0.15) is 34.5 Å². The molecule has 0 aliphatic carbocycles. The predicted octanol–water partition coefficient (Wildman–Crippen LogP) is 3.64. The lowest BCUT2D eigenvalue weighted by molar-refractivity contribution is 0.0698. The van der Waals surface area contributed by atoms with Crippen LogP contribution in [0.2, 0.25) is 0 Å². The van der Waals surface area contributed by atoms with Gasteiger partial charge in [0.1, 0.15) is 5.00 Å². The molecule has 0 saturated carbocycles. The number of nitrogens with one attached hydrogen (secondary N) is 2. The lowest BCUT2D eigenvalue weighted by Crippen LogP contribution is -2.31. The van der Waals surface area contributed by atoms with Crippen molar-refractivity contribution < 1.29 is 14.7 Å². The number of hydrogen-bond acceptors (Lipinski definition) is 3. The molecule has 2 amide bonds. The molecule has 1 atom stereocenters. The minimum absolute atomic E-state index is 0.0955. The third-order valence-electron chi connectivity index (χ3n) is 3.05. The summed E-state index contributed by atoms with van der Waals surface area (Å²) < 4.78 is 0. The molecule has 2 rings (SSSR count). The second kappa shape index (κ2) is 6.41. The summed E-state index contributed by atoms with van der Waals surface area (Å²) in [6.45, 7) is 3.87. The van der Waals surface area contributed by atoms with Crippen LogP contribution >= 0.6 is 11.3 Å². The van der Waals surface area contributed by atoms with Crippen LogP contribution < -0.4 is 10.6 Å². The van der Waals surface area contributed by atoms with E-state index in [1.165, 1.54) is 17.4 Å². The molecule has 1 aromatic heterocycles. The first-order valence-electron chi connectivity index (χ1n) is 6.42. The van der Waals surface area contributed by atoms with Gasteiger partial charge >= 0.3 is 12.0 Å². The molecule has 0 spiro atoms. The summed E-state index contributed by atoms with van der Waals surface area (Å²) in [5.41, 5.74) is 2.23. The van der Waals surface area contributed by atoms with Crippen LogP contribution in [-0.2, 0) is 0 Å². The molecule has 5 nitrogen and oxygen atoms in total. The summed E-state index contributed by atoms with van der Waals surface area (Å²) in [6, 6.07) is 8.74. The van der Waals surface area contributed by atoms with Crippen molar-refractivity contribution in [1.82, 2.24) is 5.32 Å². The SMILES string of the molecule is Cc1ccc([C@H](C)NC(=O)Nc2sccc2C(=O)O)cc1. The zero-order valence-corrected chi connectivity index (χ0v) is 12.5. The van der Waals surface area contributed by atoms with Gasteiger partial charge in [0.25, 0.3) is 0 Å². The number of carboxylic acids is 1. The number of anilines is 1. The van der Waals surface area contributed by atoms with Gasteiger partial charge < -0.3 is 10.4 Å². The molecule has 0 bridgehead atoms. The number of carbonyl (C=O) groups excluding carboxylic acids is 1. The number of hydrogen-bond donors (Lipinski definition) is 3. The van der Waals surface area contributed by atoms with Crippen LogP contribution in [0, 0.1) is 6.92 Å². The molecule has 1 aromatic carbocycles. The molecule has 2 aromatic rings. The molecule has 0 radical (unpaired) electrons. The van der Waals surface area contributed by atoms with Crippen molar-refractivity contribution in [3.8, 4) is 0 Å². The van der Waals surface area contributed by atoms with Crippen molar-refractivity contribution in [2.24, 2.45) is 0 Å². The molecule has 3 N–H and O–H groups in total. The zero-order chi connectivity index (χ0) is 15.4. The van der Waals surface area contributed by atoms with Crippen LogP contribution in [-0.4, -0.2) is 17.1 Å². The molecular weight excluding hydrogens is 288 g/mol. The Morgan fingerprint density at radius 2 is 1.86 bits per heavy atom. The van der Waals surface area contributed by atoms with Crippen LogP contribution in [0.15, 0.2) is 35.7 Å². The summed E-state index contributed by atoms with van der Waals surface area (Å²) >= 11 is 1.18. The van der Waals surface area contributed by atoms with Gasteiger partial charge in [0, 0.05) is 0 Å². The van der Waals surface area contributed by atoms with E-state index in [-0.39, 0.29) is 11.6 Å². The lowest BCUT2D eigenvalue weighted by atomic mass is 10.1. The van der Waals surface area contributed by atoms with Gasteiger partial charge in [0.15, 0.2) is 0 Å². The van der Waals surface area contributed by atoms with Crippen LogP contribution in [0.25, 0.3) is 0 Å². The Morgan fingerprint density at radius 3 is 2.48 bits per heavy atom. The molecule has 0 aliphatic heterocycles. The van der Waals surface area contributed by atoms with Crippen molar-refractivity contribution in [3.63, 3.8) is 0 Å². The Balaban J connectivity index is 1.99. The largest absolute Gasteiger partial charge is 0.478 e. The fourth-order valence-electron chi connectivity index (χ4n) is 1.85. The first-order chi connectivity index (χ1) is 9.97. The summed E-state index contributed by atoms with van der Waals surface area (Å²) in [6.07, 6.45) is 0. The average molecular weight is 304 g/mol. The number of urea groups is 1. The molecule has 0 unspecified atom stereocenters. The van der Waals surface area contributed by atoms with Crippen molar-refractivity contribution in [2.75, 3.05) is 5.32 Å². The van der Waals surface area contributed by atoms with Crippen LogP contribution in [0.4, 0.5) is 9.80 Å². The van der Waals surface area contributed by atoms with Gasteiger partial charge in [-0.05, 0) is 30.9 Å². The number of carboxylic acid groups (broad SMARTS) is 1. The third kappa shape index (κ3) is 3.82. The number of amides is 2. The Bertz CT molecular complexity index is 649. The highest BCUT2D eigenvalue weighted by atomic mass is 32.1. The molecule has 6 heteroatoms. The summed E-state index contributed by atoms with van der Waals surface area (Å²) in [5.74, 6) is -1.06. The maximum Gasteiger partial charge on any atom is 0.338 e. The summed E-state index contributed by atoms with van der Waals surface area (Å²) in [5, 5.41) is 16.3. The minimum Gasteiger partial charge on any atom is -0.478 e. The number of rotatable bonds is 4. The highest BCUT2D eigenvalue weighted by Gasteiger charge is 2.15. The van der Waals surface area contributed by atoms with E-state index in [1.54, 1.807) is 5.38 Å². The highest BCUT2D eigenvalue weighted by Crippen LogP contribution is 2.23. The van der Waals surface area contributed by atoms with Gasteiger partial charge in [-0.1, -0.05) is 29.8 Å². The topological polar surface area (TPSA) is 78.4 Å². The lowest BCUT2D eigenvalue weighted by Gasteiger charge is -2.15. The zero-order valence-electron chi connectivity index (χ0n) is 11.7. The van der Waals surface area contributed by atoms with Gasteiger partial charge in [-0.15, -0.1) is 11.3 Å². The third-order valence-corrected chi connectivity index (χ3v) is 3.88. The number of thiophene rings is 1. The maximum absolute atomic E-state index is 11.9. The second-order valence-electron chi connectivity index (χ2n) is 4.70. The average Bonchev–Trinajstić information content (AvgIpc) is 2.87. The number of benzene rings is 1. The van der Waals surface area contributed by atoms with E-state index in [2.05, 4.69) is 10.6 Å². The molecule has 0 aliphatic rings. The number of aryl methyl sites for hydroxylation is 1. The quantitative estimate of drug-likeness (QED) is 0.807. The van der Waals surface area contributed by atoms with E-state index < -0.39 is 12.0 Å². The molecule has 0 saturated heterocycles. The first-order valence-corrected chi connectivity index (χ1v) is 7.30. The Morgan fingerprint density at radius 1 is 1.19 bits per heavy atom. The predicted molar refractivity (Wildman–Crippen MR) is 83.0 cm³/mol. The second-order valence-corrected chi connectivity index (χ2v) is 5.62. The van der Waals surface area contributed by atoms with Gasteiger partial charge in [0.05, 0.1) is 11.6 Å².